The monoisotopic (exact) mass is 436 g/mol. The van der Waals surface area contributed by atoms with Crippen molar-refractivity contribution < 1.29 is 4.42 Å². The van der Waals surface area contributed by atoms with E-state index in [0.717, 1.165) is 32.8 Å². The highest BCUT2D eigenvalue weighted by Crippen LogP contribution is 2.38. The van der Waals surface area contributed by atoms with E-state index in [1.165, 1.54) is 32.7 Å². The van der Waals surface area contributed by atoms with E-state index in [9.17, 15) is 0 Å². The van der Waals surface area contributed by atoms with E-state index in [1.807, 2.05) is 12.1 Å². The molecule has 0 amide bonds. The Bertz CT molecular complexity index is 1540. The number of benzene rings is 5. The largest absolute Gasteiger partial charge is 0.456 e. The van der Waals surface area contributed by atoms with Crippen LogP contribution in [-0.2, 0) is 6.42 Å². The zero-order valence-electron chi connectivity index (χ0n) is 15.7. The lowest BCUT2D eigenvalue weighted by Crippen LogP contribution is -1.92. The summed E-state index contributed by atoms with van der Waals surface area (Å²) >= 11 is 3.73. The standard InChI is InChI=1S/C27H17BrO/c28-24-14-13-18(27-26(24)23-11-5-6-12-25(23)29-27)16-19-15-17-7-1-2-8-20(17)22-10-4-3-9-21(19)22/h1-15H,16H2. The summed E-state index contributed by atoms with van der Waals surface area (Å²) in [6.07, 6.45) is 0.828. The summed E-state index contributed by atoms with van der Waals surface area (Å²) in [7, 11) is 0. The van der Waals surface area contributed by atoms with Crippen molar-refractivity contribution in [3.8, 4) is 0 Å². The summed E-state index contributed by atoms with van der Waals surface area (Å²) in [5, 5.41) is 7.50. The molecule has 0 aliphatic carbocycles. The van der Waals surface area contributed by atoms with Crippen molar-refractivity contribution in [2.24, 2.45) is 0 Å². The molecule has 138 valence electrons. The highest BCUT2D eigenvalue weighted by molar-refractivity contribution is 9.10. The minimum Gasteiger partial charge on any atom is -0.456 e. The van der Waals surface area contributed by atoms with Gasteiger partial charge in [-0.05, 0) is 44.8 Å². The molecular weight excluding hydrogens is 420 g/mol. The van der Waals surface area contributed by atoms with E-state index in [0.29, 0.717) is 0 Å². The van der Waals surface area contributed by atoms with Crippen molar-refractivity contribution >= 4 is 59.4 Å². The van der Waals surface area contributed by atoms with Crippen molar-refractivity contribution in [3.05, 3.63) is 107 Å². The fraction of sp³-hybridized carbons (Fsp3) is 0.0370. The van der Waals surface area contributed by atoms with Crippen LogP contribution in [0.25, 0.3) is 43.5 Å². The molecule has 0 saturated carbocycles. The number of halogens is 1. The maximum Gasteiger partial charge on any atom is 0.140 e. The van der Waals surface area contributed by atoms with Crippen LogP contribution in [0.2, 0.25) is 0 Å². The zero-order valence-corrected chi connectivity index (χ0v) is 17.2. The van der Waals surface area contributed by atoms with Gasteiger partial charge in [0.2, 0.25) is 0 Å². The summed E-state index contributed by atoms with van der Waals surface area (Å²) in [6.45, 7) is 0. The highest BCUT2D eigenvalue weighted by atomic mass is 79.9. The van der Waals surface area contributed by atoms with Crippen molar-refractivity contribution in [2.45, 2.75) is 6.42 Å². The Kier molecular flexibility index (Phi) is 3.75. The van der Waals surface area contributed by atoms with Crippen molar-refractivity contribution in [1.82, 2.24) is 0 Å². The minimum atomic E-state index is 0.828. The van der Waals surface area contributed by atoms with Gasteiger partial charge in [-0.3, -0.25) is 0 Å². The van der Waals surface area contributed by atoms with Crippen LogP contribution in [-0.4, -0.2) is 0 Å². The molecule has 2 heteroatoms. The molecule has 0 aliphatic heterocycles. The number of furan rings is 1. The molecule has 0 bridgehead atoms. The molecule has 0 fully saturated rings. The first-order valence-electron chi connectivity index (χ1n) is 9.77. The van der Waals surface area contributed by atoms with Crippen molar-refractivity contribution in [3.63, 3.8) is 0 Å². The van der Waals surface area contributed by atoms with E-state index in [4.69, 9.17) is 4.42 Å². The first-order chi connectivity index (χ1) is 14.3. The Morgan fingerprint density at radius 3 is 2.17 bits per heavy atom. The first kappa shape index (κ1) is 16.8. The maximum atomic E-state index is 6.31. The smallest absolute Gasteiger partial charge is 0.140 e. The number of rotatable bonds is 2. The number of hydrogen-bond donors (Lipinski definition) is 0. The summed E-state index contributed by atoms with van der Waals surface area (Å²) in [5.74, 6) is 0. The summed E-state index contributed by atoms with van der Waals surface area (Å²) in [5.41, 5.74) is 4.43. The number of hydrogen-bond acceptors (Lipinski definition) is 1. The third-order valence-electron chi connectivity index (χ3n) is 5.79. The molecule has 1 heterocycles. The second-order valence-corrected chi connectivity index (χ2v) is 8.34. The van der Waals surface area contributed by atoms with Gasteiger partial charge in [-0.25, -0.2) is 0 Å². The lowest BCUT2D eigenvalue weighted by molar-refractivity contribution is 0.664. The molecule has 1 aromatic heterocycles. The molecule has 6 aromatic rings. The molecule has 0 aliphatic rings. The van der Waals surface area contributed by atoms with Crippen molar-refractivity contribution in [1.29, 1.82) is 0 Å². The Morgan fingerprint density at radius 2 is 1.31 bits per heavy atom. The lowest BCUT2D eigenvalue weighted by Gasteiger charge is -2.11. The summed E-state index contributed by atoms with van der Waals surface area (Å²) in [4.78, 5) is 0. The molecule has 29 heavy (non-hydrogen) atoms. The maximum absolute atomic E-state index is 6.31. The van der Waals surface area contributed by atoms with Crippen LogP contribution in [0.4, 0.5) is 0 Å². The van der Waals surface area contributed by atoms with Crippen molar-refractivity contribution in [2.75, 3.05) is 0 Å². The van der Waals surface area contributed by atoms with Gasteiger partial charge in [-0.2, -0.15) is 0 Å². The molecule has 0 spiro atoms. The molecule has 0 atom stereocenters. The van der Waals surface area contributed by atoms with E-state index in [2.05, 4.69) is 94.8 Å². The Balaban J connectivity index is 1.62. The molecule has 6 rings (SSSR count). The quantitative estimate of drug-likeness (QED) is 0.249. The van der Waals surface area contributed by atoms with Gasteiger partial charge < -0.3 is 4.42 Å². The Labute approximate surface area is 176 Å². The second-order valence-electron chi connectivity index (χ2n) is 7.49. The van der Waals surface area contributed by atoms with Crippen LogP contribution in [0.3, 0.4) is 0 Å². The van der Waals surface area contributed by atoms with Crippen LogP contribution in [0, 0.1) is 0 Å². The van der Waals surface area contributed by atoms with E-state index >= 15 is 0 Å². The predicted molar refractivity (Wildman–Crippen MR) is 126 cm³/mol. The highest BCUT2D eigenvalue weighted by Gasteiger charge is 2.15. The van der Waals surface area contributed by atoms with Crippen LogP contribution in [0.1, 0.15) is 11.1 Å². The predicted octanol–water partition coefficient (Wildman–Crippen LogP) is 8.25. The zero-order chi connectivity index (χ0) is 19.4. The molecular formula is C27H17BrO. The first-order valence-corrected chi connectivity index (χ1v) is 10.6. The minimum absolute atomic E-state index is 0.828. The second kappa shape index (κ2) is 6.47. The van der Waals surface area contributed by atoms with Crippen LogP contribution in [0.15, 0.2) is 99.9 Å². The fourth-order valence-corrected chi connectivity index (χ4v) is 4.99. The SMILES string of the molecule is Brc1ccc(Cc2cc3ccccc3c3ccccc23)c2oc3ccccc3c12. The molecule has 0 unspecified atom stereocenters. The van der Waals surface area contributed by atoms with Gasteiger partial charge in [0.1, 0.15) is 11.2 Å². The van der Waals surface area contributed by atoms with Gasteiger partial charge in [0, 0.05) is 21.7 Å². The third kappa shape index (κ3) is 2.60. The molecule has 0 N–H and O–H groups in total. The Morgan fingerprint density at radius 1 is 0.621 bits per heavy atom. The van der Waals surface area contributed by atoms with Gasteiger partial charge in [0.15, 0.2) is 0 Å². The molecule has 5 aromatic carbocycles. The number of para-hydroxylation sites is 1. The Hall–Kier alpha value is -3.10. The van der Waals surface area contributed by atoms with Gasteiger partial charge >= 0.3 is 0 Å². The van der Waals surface area contributed by atoms with E-state index in [1.54, 1.807) is 0 Å². The van der Waals surface area contributed by atoms with Gasteiger partial charge in [-0.15, -0.1) is 0 Å². The molecule has 0 radical (unpaired) electrons. The van der Waals surface area contributed by atoms with Gasteiger partial charge in [0.05, 0.1) is 0 Å². The lowest BCUT2D eigenvalue weighted by atomic mass is 9.93. The third-order valence-corrected chi connectivity index (χ3v) is 6.45. The van der Waals surface area contributed by atoms with Gasteiger partial charge in [0.25, 0.3) is 0 Å². The van der Waals surface area contributed by atoms with Crippen LogP contribution in [0.5, 0.6) is 0 Å². The fourth-order valence-electron chi connectivity index (χ4n) is 4.46. The van der Waals surface area contributed by atoms with Gasteiger partial charge in [-0.1, -0.05) is 94.8 Å². The normalized spacial score (nSPS) is 11.8. The molecule has 0 saturated heterocycles. The number of fused-ring (bicyclic) bond motifs is 6. The summed E-state index contributed by atoms with van der Waals surface area (Å²) < 4.78 is 7.38. The van der Waals surface area contributed by atoms with Crippen LogP contribution >= 0.6 is 15.9 Å². The topological polar surface area (TPSA) is 13.1 Å². The van der Waals surface area contributed by atoms with E-state index < -0.39 is 0 Å². The average molecular weight is 437 g/mol. The average Bonchev–Trinajstić information content (AvgIpc) is 3.16. The van der Waals surface area contributed by atoms with E-state index in [-0.39, 0.29) is 0 Å². The molecule has 1 nitrogen and oxygen atoms in total. The summed E-state index contributed by atoms with van der Waals surface area (Å²) in [6, 6.07) is 32.2. The van der Waals surface area contributed by atoms with Crippen LogP contribution < -0.4 is 0 Å².